The van der Waals surface area contributed by atoms with E-state index in [2.05, 4.69) is 60.4 Å². The van der Waals surface area contributed by atoms with Crippen LogP contribution in [0.5, 0.6) is 0 Å². The largest absolute Gasteiger partial charge is 0.394 e. The lowest BCUT2D eigenvalue weighted by Crippen LogP contribution is -2.46. The van der Waals surface area contributed by atoms with Crippen molar-refractivity contribution in [2.24, 2.45) is 0 Å². The Kier molecular flexibility index (Phi) is 3.03. The second-order valence-corrected chi connectivity index (χ2v) is 5.53. The molecule has 0 amide bonds. The molecule has 1 aliphatic rings. The molecule has 1 N–H and O–H groups in total. The molecule has 0 aromatic heterocycles. The van der Waals surface area contributed by atoms with E-state index in [1.165, 1.54) is 16.8 Å². The van der Waals surface area contributed by atoms with Crippen LogP contribution >= 0.6 is 0 Å². The molecule has 2 nitrogen and oxygen atoms in total. The SMILES string of the molecule is C[C@]1(CO)Cc2ccccc2N1Cc1ccccc1. The molecular weight excluding hydrogens is 234 g/mol. The lowest BCUT2D eigenvalue weighted by Gasteiger charge is -2.36. The van der Waals surface area contributed by atoms with Crippen LogP contribution in [0.4, 0.5) is 5.69 Å². The molecule has 0 spiro atoms. The molecule has 0 radical (unpaired) electrons. The molecule has 0 saturated carbocycles. The van der Waals surface area contributed by atoms with Gasteiger partial charge in [-0.2, -0.15) is 0 Å². The Morgan fingerprint density at radius 2 is 1.74 bits per heavy atom. The van der Waals surface area contributed by atoms with E-state index in [-0.39, 0.29) is 12.1 Å². The minimum Gasteiger partial charge on any atom is -0.394 e. The summed E-state index contributed by atoms with van der Waals surface area (Å²) in [6.07, 6.45) is 0.909. The topological polar surface area (TPSA) is 23.5 Å². The molecule has 2 aromatic rings. The maximum absolute atomic E-state index is 9.80. The minimum atomic E-state index is -0.195. The Bertz CT molecular complexity index is 566. The van der Waals surface area contributed by atoms with Gasteiger partial charge in [-0.05, 0) is 30.5 Å². The van der Waals surface area contributed by atoms with Gasteiger partial charge in [0.1, 0.15) is 0 Å². The standard InChI is InChI=1S/C17H19NO/c1-17(13-19)11-15-9-5-6-10-16(15)18(17)12-14-7-3-2-4-8-14/h2-10,19H,11-13H2,1H3/t17-/m1/s1. The second kappa shape index (κ2) is 4.71. The van der Waals surface area contributed by atoms with Crippen LogP contribution in [0.1, 0.15) is 18.1 Å². The highest BCUT2D eigenvalue weighted by Crippen LogP contribution is 2.39. The molecule has 0 saturated heterocycles. The molecule has 98 valence electrons. The molecule has 1 aliphatic heterocycles. The van der Waals surface area contributed by atoms with Gasteiger partial charge in [0.15, 0.2) is 0 Å². The van der Waals surface area contributed by atoms with Crippen LogP contribution in [0.2, 0.25) is 0 Å². The third-order valence-corrected chi connectivity index (χ3v) is 4.03. The van der Waals surface area contributed by atoms with Crippen LogP contribution in [0.15, 0.2) is 54.6 Å². The fourth-order valence-corrected chi connectivity index (χ4v) is 2.90. The van der Waals surface area contributed by atoms with Gasteiger partial charge in [0.2, 0.25) is 0 Å². The van der Waals surface area contributed by atoms with Crippen molar-refractivity contribution in [3.05, 3.63) is 65.7 Å². The van der Waals surface area contributed by atoms with Gasteiger partial charge in [0.25, 0.3) is 0 Å². The zero-order chi connectivity index (χ0) is 13.3. The summed E-state index contributed by atoms with van der Waals surface area (Å²) in [5, 5.41) is 9.80. The van der Waals surface area contributed by atoms with Crippen LogP contribution in [-0.4, -0.2) is 17.3 Å². The van der Waals surface area contributed by atoms with Crippen LogP contribution in [-0.2, 0) is 13.0 Å². The molecule has 1 heterocycles. The van der Waals surface area contributed by atoms with Crippen molar-refractivity contribution >= 4 is 5.69 Å². The van der Waals surface area contributed by atoms with Gasteiger partial charge in [0.05, 0.1) is 12.1 Å². The van der Waals surface area contributed by atoms with E-state index in [0.717, 1.165) is 13.0 Å². The molecular formula is C17H19NO. The van der Waals surface area contributed by atoms with Crippen molar-refractivity contribution in [3.8, 4) is 0 Å². The molecule has 3 rings (SSSR count). The summed E-state index contributed by atoms with van der Waals surface area (Å²) in [4.78, 5) is 2.33. The summed E-state index contributed by atoms with van der Waals surface area (Å²) >= 11 is 0. The summed E-state index contributed by atoms with van der Waals surface area (Å²) < 4.78 is 0. The average molecular weight is 253 g/mol. The van der Waals surface area contributed by atoms with Gasteiger partial charge >= 0.3 is 0 Å². The van der Waals surface area contributed by atoms with Crippen molar-refractivity contribution < 1.29 is 5.11 Å². The van der Waals surface area contributed by atoms with Crippen molar-refractivity contribution in [1.82, 2.24) is 0 Å². The van der Waals surface area contributed by atoms with Gasteiger partial charge in [0, 0.05) is 12.2 Å². The molecule has 19 heavy (non-hydrogen) atoms. The Labute approximate surface area is 114 Å². The summed E-state index contributed by atoms with van der Waals surface area (Å²) in [5.74, 6) is 0. The molecule has 1 atom stereocenters. The number of anilines is 1. The first-order valence-electron chi connectivity index (χ1n) is 6.73. The Balaban J connectivity index is 1.97. The normalized spacial score (nSPS) is 21.5. The fraction of sp³-hybridized carbons (Fsp3) is 0.294. The number of aliphatic hydroxyl groups excluding tert-OH is 1. The second-order valence-electron chi connectivity index (χ2n) is 5.53. The highest BCUT2D eigenvalue weighted by Gasteiger charge is 2.38. The van der Waals surface area contributed by atoms with Crippen LogP contribution in [0, 0.1) is 0 Å². The number of aliphatic hydroxyl groups is 1. The smallest absolute Gasteiger partial charge is 0.0664 e. The maximum Gasteiger partial charge on any atom is 0.0664 e. The third-order valence-electron chi connectivity index (χ3n) is 4.03. The monoisotopic (exact) mass is 253 g/mol. The number of hydrogen-bond acceptors (Lipinski definition) is 2. The fourth-order valence-electron chi connectivity index (χ4n) is 2.90. The molecule has 0 aliphatic carbocycles. The maximum atomic E-state index is 9.80. The Hall–Kier alpha value is -1.80. The van der Waals surface area contributed by atoms with Crippen LogP contribution < -0.4 is 4.90 Å². The van der Waals surface area contributed by atoms with Crippen molar-refractivity contribution in [3.63, 3.8) is 0 Å². The van der Waals surface area contributed by atoms with Gasteiger partial charge in [-0.25, -0.2) is 0 Å². The van der Waals surface area contributed by atoms with E-state index in [9.17, 15) is 5.11 Å². The summed E-state index contributed by atoms with van der Waals surface area (Å²) in [6.45, 7) is 3.15. The number of fused-ring (bicyclic) bond motifs is 1. The zero-order valence-electron chi connectivity index (χ0n) is 11.2. The highest BCUT2D eigenvalue weighted by molar-refractivity contribution is 5.61. The number of benzene rings is 2. The zero-order valence-corrected chi connectivity index (χ0v) is 11.2. The molecule has 2 aromatic carbocycles. The first kappa shape index (κ1) is 12.2. The quantitative estimate of drug-likeness (QED) is 0.909. The predicted molar refractivity (Wildman–Crippen MR) is 78.3 cm³/mol. The number of para-hydroxylation sites is 1. The predicted octanol–water partition coefficient (Wildman–Crippen LogP) is 3.00. The van der Waals surface area contributed by atoms with Crippen molar-refractivity contribution in [2.45, 2.75) is 25.4 Å². The number of hydrogen-bond donors (Lipinski definition) is 1. The Morgan fingerprint density at radius 1 is 1.05 bits per heavy atom. The molecule has 0 bridgehead atoms. The third kappa shape index (κ3) is 2.13. The van der Waals surface area contributed by atoms with E-state index in [1.54, 1.807) is 0 Å². The first-order valence-corrected chi connectivity index (χ1v) is 6.73. The first-order chi connectivity index (χ1) is 9.23. The molecule has 0 fully saturated rings. The number of nitrogens with zero attached hydrogens (tertiary/aromatic N) is 1. The van der Waals surface area contributed by atoms with E-state index in [0.29, 0.717) is 0 Å². The lowest BCUT2D eigenvalue weighted by molar-refractivity contribution is 0.204. The van der Waals surface area contributed by atoms with Gasteiger partial charge < -0.3 is 10.0 Å². The van der Waals surface area contributed by atoms with E-state index >= 15 is 0 Å². The number of rotatable bonds is 3. The van der Waals surface area contributed by atoms with Gasteiger partial charge in [-0.3, -0.25) is 0 Å². The van der Waals surface area contributed by atoms with Crippen LogP contribution in [0.25, 0.3) is 0 Å². The van der Waals surface area contributed by atoms with Crippen molar-refractivity contribution in [1.29, 1.82) is 0 Å². The van der Waals surface area contributed by atoms with Gasteiger partial charge in [-0.15, -0.1) is 0 Å². The lowest BCUT2D eigenvalue weighted by atomic mass is 9.97. The minimum absolute atomic E-state index is 0.175. The molecule has 2 heteroatoms. The molecule has 0 unspecified atom stereocenters. The van der Waals surface area contributed by atoms with Crippen LogP contribution in [0.3, 0.4) is 0 Å². The van der Waals surface area contributed by atoms with Gasteiger partial charge in [-0.1, -0.05) is 48.5 Å². The van der Waals surface area contributed by atoms with E-state index < -0.39 is 0 Å². The Morgan fingerprint density at radius 3 is 2.47 bits per heavy atom. The van der Waals surface area contributed by atoms with E-state index in [1.807, 2.05) is 6.07 Å². The summed E-state index contributed by atoms with van der Waals surface area (Å²) in [5.41, 5.74) is 3.66. The summed E-state index contributed by atoms with van der Waals surface area (Å²) in [6, 6.07) is 18.9. The van der Waals surface area contributed by atoms with E-state index in [4.69, 9.17) is 0 Å². The summed E-state index contributed by atoms with van der Waals surface area (Å²) in [7, 11) is 0. The highest BCUT2D eigenvalue weighted by atomic mass is 16.3. The van der Waals surface area contributed by atoms with Crippen molar-refractivity contribution in [2.75, 3.05) is 11.5 Å². The average Bonchev–Trinajstić information content (AvgIpc) is 2.74.